The van der Waals surface area contributed by atoms with E-state index >= 15 is 0 Å². The maximum Gasteiger partial charge on any atom is 0.333 e. The predicted molar refractivity (Wildman–Crippen MR) is 108 cm³/mol. The summed E-state index contributed by atoms with van der Waals surface area (Å²) in [4.78, 5) is 23.4. The van der Waals surface area contributed by atoms with Crippen LogP contribution in [0.4, 0.5) is 0 Å². The number of carboxylic acid groups (broad SMARTS) is 1. The molecule has 6 heteroatoms. The van der Waals surface area contributed by atoms with Crippen molar-refractivity contribution in [2.75, 3.05) is 13.2 Å². The average molecular weight is 387 g/mol. The summed E-state index contributed by atoms with van der Waals surface area (Å²) in [6.45, 7) is 9.30. The van der Waals surface area contributed by atoms with Crippen molar-refractivity contribution in [3.8, 4) is 5.75 Å². The molecule has 1 N–H and O–H groups in total. The van der Waals surface area contributed by atoms with Crippen molar-refractivity contribution in [3.05, 3.63) is 64.1 Å². The van der Waals surface area contributed by atoms with Crippen LogP contribution in [-0.4, -0.2) is 35.0 Å². The first-order valence-corrected chi connectivity index (χ1v) is 9.48. The molecule has 6 nitrogen and oxygen atoms in total. The van der Waals surface area contributed by atoms with Crippen LogP contribution in [0, 0.1) is 0 Å². The Morgan fingerprint density at radius 3 is 2.39 bits per heavy atom. The molecule has 0 aliphatic carbocycles. The molecular formula is C22H29NO5. The molecule has 0 saturated carbocycles. The number of rotatable bonds is 9. The highest BCUT2D eigenvalue weighted by atomic mass is 16.5. The zero-order chi connectivity index (χ0) is 20.7. The van der Waals surface area contributed by atoms with E-state index in [9.17, 15) is 9.59 Å². The summed E-state index contributed by atoms with van der Waals surface area (Å²) in [5.41, 5.74) is 1.78. The van der Waals surface area contributed by atoms with Crippen LogP contribution in [0.2, 0.25) is 0 Å². The van der Waals surface area contributed by atoms with Gasteiger partial charge in [-0.25, -0.2) is 4.79 Å². The van der Waals surface area contributed by atoms with Crippen LogP contribution in [0.15, 0.2) is 47.4 Å². The average Bonchev–Trinajstić information content (AvgIpc) is 2.62. The molecule has 0 bridgehead atoms. The number of benzene rings is 1. The van der Waals surface area contributed by atoms with Crippen molar-refractivity contribution in [2.45, 2.75) is 52.2 Å². The van der Waals surface area contributed by atoms with Gasteiger partial charge >= 0.3 is 5.97 Å². The number of carbonyl (C=O) groups is 1. The molecule has 0 radical (unpaired) electrons. The number of pyridine rings is 1. The van der Waals surface area contributed by atoms with Gasteiger partial charge in [-0.05, 0) is 41.7 Å². The molecule has 1 heterocycles. The molecule has 0 aliphatic heterocycles. The molecule has 0 aliphatic rings. The lowest BCUT2D eigenvalue weighted by molar-refractivity contribution is -0.149. The fourth-order valence-electron chi connectivity index (χ4n) is 2.81. The second kappa shape index (κ2) is 9.55. The minimum atomic E-state index is -1.03. The fraction of sp³-hybridized carbons (Fsp3) is 0.455. The van der Waals surface area contributed by atoms with Gasteiger partial charge in [0.15, 0.2) is 6.10 Å². The van der Waals surface area contributed by atoms with E-state index in [-0.39, 0.29) is 17.4 Å². The third kappa shape index (κ3) is 6.23. The van der Waals surface area contributed by atoms with Gasteiger partial charge in [-0.2, -0.15) is 0 Å². The van der Waals surface area contributed by atoms with Gasteiger partial charge < -0.3 is 19.1 Å². The minimum absolute atomic E-state index is 0.0927. The Bertz CT molecular complexity index is 833. The summed E-state index contributed by atoms with van der Waals surface area (Å²) in [6, 6.07) is 11.2. The van der Waals surface area contributed by atoms with Crippen molar-refractivity contribution in [1.82, 2.24) is 4.57 Å². The molecule has 0 saturated heterocycles. The number of hydrogen-bond donors (Lipinski definition) is 1. The summed E-state index contributed by atoms with van der Waals surface area (Å²) in [5, 5.41) is 9.15. The van der Waals surface area contributed by atoms with E-state index < -0.39 is 12.1 Å². The van der Waals surface area contributed by atoms with Crippen molar-refractivity contribution in [3.63, 3.8) is 0 Å². The molecule has 1 atom stereocenters. The van der Waals surface area contributed by atoms with Gasteiger partial charge in [0, 0.05) is 25.3 Å². The van der Waals surface area contributed by atoms with Gasteiger partial charge in [-0.15, -0.1) is 0 Å². The van der Waals surface area contributed by atoms with Crippen molar-refractivity contribution < 1.29 is 19.4 Å². The summed E-state index contributed by atoms with van der Waals surface area (Å²) in [6.07, 6.45) is 0.879. The quantitative estimate of drug-likeness (QED) is 0.715. The number of ether oxygens (including phenoxy) is 2. The number of aliphatic carboxylic acids is 1. The predicted octanol–water partition coefficient (Wildman–Crippen LogP) is 3.26. The van der Waals surface area contributed by atoms with E-state index in [2.05, 4.69) is 20.8 Å². The van der Waals surface area contributed by atoms with Gasteiger partial charge in [-0.3, -0.25) is 4.79 Å². The molecule has 0 amide bonds. The van der Waals surface area contributed by atoms with Crippen LogP contribution in [-0.2, 0) is 27.9 Å². The molecule has 1 unspecified atom stereocenters. The van der Waals surface area contributed by atoms with Gasteiger partial charge in [0.2, 0.25) is 0 Å². The fourth-order valence-corrected chi connectivity index (χ4v) is 2.81. The highest BCUT2D eigenvalue weighted by Gasteiger charge is 2.18. The van der Waals surface area contributed by atoms with Crippen LogP contribution in [0.1, 0.15) is 38.8 Å². The monoisotopic (exact) mass is 387 g/mol. The molecule has 152 valence electrons. The van der Waals surface area contributed by atoms with Crippen molar-refractivity contribution >= 4 is 5.97 Å². The Morgan fingerprint density at radius 1 is 1.18 bits per heavy atom. The van der Waals surface area contributed by atoms with Crippen LogP contribution in [0.5, 0.6) is 5.75 Å². The van der Waals surface area contributed by atoms with Crippen LogP contribution in [0.3, 0.4) is 0 Å². The third-order valence-electron chi connectivity index (χ3n) is 4.45. The number of hydrogen-bond acceptors (Lipinski definition) is 4. The number of nitrogens with zero attached hydrogens (tertiary/aromatic N) is 1. The topological polar surface area (TPSA) is 77.8 Å². The maximum atomic E-state index is 12.3. The van der Waals surface area contributed by atoms with Crippen LogP contribution in [0.25, 0.3) is 0 Å². The molecule has 2 aromatic rings. The lowest BCUT2D eigenvalue weighted by Crippen LogP contribution is -2.28. The molecular weight excluding hydrogens is 358 g/mol. The first kappa shape index (κ1) is 21.7. The smallest absolute Gasteiger partial charge is 0.333 e. The van der Waals surface area contributed by atoms with Crippen molar-refractivity contribution in [2.24, 2.45) is 0 Å². The molecule has 0 fully saturated rings. The molecule has 2 rings (SSSR count). The third-order valence-corrected chi connectivity index (χ3v) is 4.45. The molecule has 28 heavy (non-hydrogen) atoms. The lowest BCUT2D eigenvalue weighted by atomic mass is 9.87. The van der Waals surface area contributed by atoms with E-state index in [0.29, 0.717) is 25.3 Å². The summed E-state index contributed by atoms with van der Waals surface area (Å²) in [5.74, 6) is -0.268. The summed E-state index contributed by atoms with van der Waals surface area (Å²) < 4.78 is 12.5. The summed E-state index contributed by atoms with van der Waals surface area (Å²) >= 11 is 0. The van der Waals surface area contributed by atoms with Gasteiger partial charge in [0.1, 0.15) is 12.4 Å². The van der Waals surface area contributed by atoms with Crippen molar-refractivity contribution in [1.29, 1.82) is 0 Å². The van der Waals surface area contributed by atoms with Gasteiger partial charge in [0.05, 0.1) is 6.54 Å². The maximum absolute atomic E-state index is 12.3. The Balaban J connectivity index is 1.93. The minimum Gasteiger partial charge on any atom is -0.492 e. The Hall–Kier alpha value is -2.60. The molecule has 0 spiro atoms. The number of carboxylic acids is 1. The Kier molecular flexibility index (Phi) is 7.40. The molecule has 1 aromatic carbocycles. The normalized spacial score (nSPS) is 12.6. The van der Waals surface area contributed by atoms with Crippen LogP contribution < -0.4 is 10.3 Å². The zero-order valence-electron chi connectivity index (χ0n) is 17.0. The first-order valence-electron chi connectivity index (χ1n) is 9.48. The van der Waals surface area contributed by atoms with Gasteiger partial charge in [-0.1, -0.05) is 32.9 Å². The first-order chi connectivity index (χ1) is 13.2. The number of aromatic nitrogens is 1. The van der Waals surface area contributed by atoms with E-state index in [0.717, 1.165) is 5.75 Å². The van der Waals surface area contributed by atoms with E-state index in [1.165, 1.54) is 11.6 Å². The van der Waals surface area contributed by atoms with E-state index in [4.69, 9.17) is 14.6 Å². The second-order valence-corrected chi connectivity index (χ2v) is 7.68. The second-order valence-electron chi connectivity index (χ2n) is 7.68. The standard InChI is InChI=1S/C22H29NO5/c1-5-27-19(21(25)26)14-16-10-11-23(20(24)15-16)12-13-28-18-8-6-17(7-9-18)22(2,3)4/h6-11,15,19H,5,12-14H2,1-4H3,(H,25,26). The Labute approximate surface area is 165 Å². The van der Waals surface area contributed by atoms with Gasteiger partial charge in [0.25, 0.3) is 5.56 Å². The highest BCUT2D eigenvalue weighted by molar-refractivity contribution is 5.72. The molecule has 1 aromatic heterocycles. The summed E-state index contributed by atoms with van der Waals surface area (Å²) in [7, 11) is 0. The van der Waals surface area contributed by atoms with E-state index in [1.807, 2.05) is 24.3 Å². The SMILES string of the molecule is CCOC(Cc1ccn(CCOc2ccc(C(C)(C)C)cc2)c(=O)c1)C(=O)O. The van der Waals surface area contributed by atoms with Crippen LogP contribution >= 0.6 is 0 Å². The zero-order valence-corrected chi connectivity index (χ0v) is 17.0. The largest absolute Gasteiger partial charge is 0.492 e. The Morgan fingerprint density at radius 2 is 1.86 bits per heavy atom. The van der Waals surface area contributed by atoms with E-state index in [1.54, 1.807) is 23.8 Å². The highest BCUT2D eigenvalue weighted by Crippen LogP contribution is 2.24. The lowest BCUT2D eigenvalue weighted by Gasteiger charge is -2.19.